The van der Waals surface area contributed by atoms with Gasteiger partial charge in [-0.1, -0.05) is 12.1 Å². The lowest BCUT2D eigenvalue weighted by molar-refractivity contribution is 0.0697. The molecule has 1 saturated carbocycles. The Morgan fingerprint density at radius 1 is 1.15 bits per heavy atom. The van der Waals surface area contributed by atoms with E-state index >= 15 is 0 Å². The van der Waals surface area contributed by atoms with E-state index < -0.39 is 5.97 Å². The van der Waals surface area contributed by atoms with Gasteiger partial charge >= 0.3 is 5.97 Å². The molecule has 26 heavy (non-hydrogen) atoms. The average molecular weight is 351 g/mol. The summed E-state index contributed by atoms with van der Waals surface area (Å²) >= 11 is 0. The van der Waals surface area contributed by atoms with Crippen LogP contribution in [0.2, 0.25) is 0 Å². The number of carboxylic acid groups (broad SMARTS) is 1. The van der Waals surface area contributed by atoms with Crippen LogP contribution >= 0.6 is 0 Å². The van der Waals surface area contributed by atoms with E-state index in [1.807, 2.05) is 26.0 Å². The Kier molecular flexibility index (Phi) is 3.94. The van der Waals surface area contributed by atoms with E-state index in [4.69, 9.17) is 5.11 Å². The minimum atomic E-state index is -0.892. The van der Waals surface area contributed by atoms with Gasteiger partial charge in [0.15, 0.2) is 0 Å². The van der Waals surface area contributed by atoms with E-state index in [9.17, 15) is 9.90 Å². The normalized spacial score (nSPS) is 17.7. The summed E-state index contributed by atoms with van der Waals surface area (Å²) in [5.74, 6) is -0.476. The first-order valence-electron chi connectivity index (χ1n) is 9.33. The second kappa shape index (κ2) is 6.04. The van der Waals surface area contributed by atoms with Crippen molar-refractivity contribution in [3.05, 3.63) is 58.1 Å². The summed E-state index contributed by atoms with van der Waals surface area (Å²) < 4.78 is 0. The average Bonchev–Trinajstić information content (AvgIpc) is 2.59. The van der Waals surface area contributed by atoms with Crippen molar-refractivity contribution in [2.75, 3.05) is 4.90 Å². The molecule has 0 amide bonds. The summed E-state index contributed by atoms with van der Waals surface area (Å²) in [5.41, 5.74) is 6.08. The van der Waals surface area contributed by atoms with Gasteiger partial charge in [-0.3, -0.25) is 0 Å². The molecule has 1 heterocycles. The quantitative estimate of drug-likeness (QED) is 0.849. The topological polar surface area (TPSA) is 60.8 Å². The van der Waals surface area contributed by atoms with Gasteiger partial charge in [-0.25, -0.2) is 4.79 Å². The van der Waals surface area contributed by atoms with Gasteiger partial charge in [0.25, 0.3) is 0 Å². The molecule has 0 atom stereocenters. The number of aromatic carboxylic acids is 1. The molecule has 4 heteroatoms. The maximum absolute atomic E-state index is 11.1. The Morgan fingerprint density at radius 2 is 1.85 bits per heavy atom. The molecule has 1 spiro atoms. The molecular weight excluding hydrogens is 326 g/mol. The highest BCUT2D eigenvalue weighted by molar-refractivity contribution is 5.87. The Hall–Kier alpha value is -2.49. The zero-order chi connectivity index (χ0) is 18.5. The highest BCUT2D eigenvalue weighted by atomic mass is 16.4. The predicted molar refractivity (Wildman–Crippen MR) is 102 cm³/mol. The van der Waals surface area contributed by atoms with Crippen molar-refractivity contribution in [2.45, 2.75) is 58.0 Å². The number of anilines is 1. The monoisotopic (exact) mass is 351 g/mol. The Labute approximate surface area is 154 Å². The van der Waals surface area contributed by atoms with Gasteiger partial charge in [-0.05, 0) is 86.4 Å². The van der Waals surface area contributed by atoms with E-state index in [0.29, 0.717) is 11.3 Å². The summed E-state index contributed by atoms with van der Waals surface area (Å²) in [6, 6.07) is 9.34. The van der Waals surface area contributed by atoms with E-state index in [1.54, 1.807) is 12.1 Å². The highest BCUT2D eigenvalue weighted by Crippen LogP contribution is 2.50. The first-order valence-corrected chi connectivity index (χ1v) is 9.33. The van der Waals surface area contributed by atoms with Gasteiger partial charge < -0.3 is 15.1 Å². The second-order valence-corrected chi connectivity index (χ2v) is 7.83. The predicted octanol–water partition coefficient (Wildman–Crippen LogP) is 4.58. The van der Waals surface area contributed by atoms with Gasteiger partial charge in [0.1, 0.15) is 5.75 Å². The van der Waals surface area contributed by atoms with Crippen molar-refractivity contribution in [2.24, 2.45) is 0 Å². The molecule has 2 aromatic carbocycles. The SMILES string of the molecule is Cc1cc2c(c(C)c1O)CCC1(CCC1)N2Cc1ccc(C(=O)O)cc1. The third kappa shape index (κ3) is 2.56. The van der Waals surface area contributed by atoms with Gasteiger partial charge in [0, 0.05) is 17.8 Å². The number of benzene rings is 2. The summed E-state index contributed by atoms with van der Waals surface area (Å²) in [6.45, 7) is 4.75. The zero-order valence-corrected chi connectivity index (χ0v) is 15.4. The van der Waals surface area contributed by atoms with Gasteiger partial charge in [-0.15, -0.1) is 0 Å². The second-order valence-electron chi connectivity index (χ2n) is 7.83. The molecule has 1 aliphatic heterocycles. The number of aromatic hydroxyl groups is 1. The number of rotatable bonds is 3. The molecule has 0 radical (unpaired) electrons. The number of carboxylic acids is 1. The molecule has 4 rings (SSSR count). The van der Waals surface area contributed by atoms with Gasteiger partial charge in [0.05, 0.1) is 5.56 Å². The van der Waals surface area contributed by atoms with Crippen LogP contribution in [-0.4, -0.2) is 21.7 Å². The van der Waals surface area contributed by atoms with Crippen LogP contribution in [0, 0.1) is 13.8 Å². The number of nitrogens with zero attached hydrogens (tertiary/aromatic N) is 1. The van der Waals surface area contributed by atoms with Crippen LogP contribution in [0.15, 0.2) is 30.3 Å². The number of fused-ring (bicyclic) bond motifs is 1. The molecule has 0 unspecified atom stereocenters. The summed E-state index contributed by atoms with van der Waals surface area (Å²) in [6.07, 6.45) is 5.82. The molecule has 0 saturated heterocycles. The number of carbonyl (C=O) groups is 1. The Morgan fingerprint density at radius 3 is 2.42 bits per heavy atom. The van der Waals surface area contributed by atoms with Gasteiger partial charge in [0.2, 0.25) is 0 Å². The van der Waals surface area contributed by atoms with Crippen LogP contribution in [0.1, 0.15) is 58.3 Å². The minimum absolute atomic E-state index is 0.217. The first-order chi connectivity index (χ1) is 12.4. The largest absolute Gasteiger partial charge is 0.507 e. The summed E-state index contributed by atoms with van der Waals surface area (Å²) in [7, 11) is 0. The van der Waals surface area contributed by atoms with Crippen molar-refractivity contribution in [3.63, 3.8) is 0 Å². The molecule has 2 aromatic rings. The van der Waals surface area contributed by atoms with Crippen molar-refractivity contribution < 1.29 is 15.0 Å². The number of phenols is 1. The number of hydrogen-bond acceptors (Lipinski definition) is 3. The van der Waals surface area contributed by atoms with Crippen LogP contribution < -0.4 is 4.90 Å². The lowest BCUT2D eigenvalue weighted by Gasteiger charge is -2.55. The molecule has 0 aromatic heterocycles. The van der Waals surface area contributed by atoms with Crippen molar-refractivity contribution in [1.82, 2.24) is 0 Å². The van der Waals surface area contributed by atoms with Crippen molar-refractivity contribution in [3.8, 4) is 5.75 Å². The molecule has 136 valence electrons. The maximum atomic E-state index is 11.1. The van der Waals surface area contributed by atoms with E-state index in [0.717, 1.165) is 36.1 Å². The molecular formula is C22H25NO3. The Bertz CT molecular complexity index is 866. The minimum Gasteiger partial charge on any atom is -0.507 e. The van der Waals surface area contributed by atoms with Crippen LogP contribution in [0.5, 0.6) is 5.75 Å². The van der Waals surface area contributed by atoms with E-state index in [-0.39, 0.29) is 5.54 Å². The first kappa shape index (κ1) is 17.0. The maximum Gasteiger partial charge on any atom is 0.335 e. The fraction of sp³-hybridized carbons (Fsp3) is 0.409. The van der Waals surface area contributed by atoms with Crippen LogP contribution in [-0.2, 0) is 13.0 Å². The van der Waals surface area contributed by atoms with Crippen molar-refractivity contribution in [1.29, 1.82) is 0 Å². The third-order valence-electron chi connectivity index (χ3n) is 6.37. The van der Waals surface area contributed by atoms with Crippen molar-refractivity contribution >= 4 is 11.7 Å². The Balaban J connectivity index is 1.74. The fourth-order valence-corrected chi connectivity index (χ4v) is 4.59. The smallest absolute Gasteiger partial charge is 0.335 e. The fourth-order valence-electron chi connectivity index (χ4n) is 4.59. The zero-order valence-electron chi connectivity index (χ0n) is 15.4. The van der Waals surface area contributed by atoms with Gasteiger partial charge in [-0.2, -0.15) is 0 Å². The molecule has 2 aliphatic rings. The molecule has 2 N–H and O–H groups in total. The van der Waals surface area contributed by atoms with Crippen LogP contribution in [0.25, 0.3) is 0 Å². The lowest BCUT2D eigenvalue weighted by atomic mass is 9.68. The highest BCUT2D eigenvalue weighted by Gasteiger charge is 2.45. The molecule has 4 nitrogen and oxygen atoms in total. The number of phenolic OH excluding ortho intramolecular Hbond substituents is 1. The third-order valence-corrected chi connectivity index (χ3v) is 6.37. The standard InChI is InChI=1S/C22H25NO3/c1-14-12-19-18(15(2)20(14)24)8-11-22(9-3-10-22)23(19)13-16-4-6-17(7-5-16)21(25)26/h4-7,12,24H,3,8-11,13H2,1-2H3,(H,25,26). The summed E-state index contributed by atoms with van der Waals surface area (Å²) in [5, 5.41) is 19.5. The number of hydrogen-bond donors (Lipinski definition) is 2. The van der Waals surface area contributed by atoms with E-state index in [2.05, 4.69) is 11.0 Å². The molecule has 0 bridgehead atoms. The van der Waals surface area contributed by atoms with Crippen LogP contribution in [0.3, 0.4) is 0 Å². The van der Waals surface area contributed by atoms with Crippen LogP contribution in [0.4, 0.5) is 5.69 Å². The summed E-state index contributed by atoms with van der Waals surface area (Å²) in [4.78, 5) is 13.6. The lowest BCUT2D eigenvalue weighted by Crippen LogP contribution is -2.56. The molecule has 1 aliphatic carbocycles. The van der Waals surface area contributed by atoms with E-state index in [1.165, 1.54) is 30.5 Å². The molecule has 1 fully saturated rings. The number of aryl methyl sites for hydroxylation is 1.